The van der Waals surface area contributed by atoms with Crippen LogP contribution in [0, 0.1) is 5.92 Å². The highest BCUT2D eigenvalue weighted by molar-refractivity contribution is 6.33. The number of carbonyl (C=O) groups is 1. The number of nitrogens with zero attached hydrogens (tertiary/aromatic N) is 1. The maximum absolute atomic E-state index is 11.8. The Bertz CT molecular complexity index is 371. The summed E-state index contributed by atoms with van der Waals surface area (Å²) in [6, 6.07) is 1.58. The molecule has 17 heavy (non-hydrogen) atoms. The molecule has 5 heteroatoms. The van der Waals surface area contributed by atoms with Gasteiger partial charge in [0.2, 0.25) is 0 Å². The van der Waals surface area contributed by atoms with Crippen LogP contribution in [0.5, 0.6) is 0 Å². The van der Waals surface area contributed by atoms with Crippen molar-refractivity contribution in [2.24, 2.45) is 5.92 Å². The predicted octanol–water partition coefficient (Wildman–Crippen LogP) is 1.87. The van der Waals surface area contributed by atoms with Gasteiger partial charge in [0.05, 0.1) is 10.6 Å². The van der Waals surface area contributed by atoms with Gasteiger partial charge < -0.3 is 10.4 Å². The molecule has 1 aromatic heterocycles. The number of aromatic nitrogens is 1. The molecule has 1 atom stereocenters. The summed E-state index contributed by atoms with van der Waals surface area (Å²) in [5, 5.41) is 12.0. The van der Waals surface area contributed by atoms with Crippen molar-refractivity contribution < 1.29 is 9.90 Å². The molecule has 0 radical (unpaired) electrons. The van der Waals surface area contributed by atoms with Crippen LogP contribution in [0.25, 0.3) is 0 Å². The second kappa shape index (κ2) is 7.25. The first-order valence-corrected chi connectivity index (χ1v) is 6.05. The lowest BCUT2D eigenvalue weighted by Gasteiger charge is -2.14. The molecule has 1 amide bonds. The van der Waals surface area contributed by atoms with Crippen LogP contribution in [-0.4, -0.2) is 29.1 Å². The number of pyridine rings is 1. The fourth-order valence-electron chi connectivity index (χ4n) is 1.51. The Labute approximate surface area is 106 Å². The van der Waals surface area contributed by atoms with Crippen molar-refractivity contribution in [3.05, 3.63) is 29.0 Å². The van der Waals surface area contributed by atoms with E-state index in [-0.39, 0.29) is 12.5 Å². The van der Waals surface area contributed by atoms with Crippen molar-refractivity contribution in [3.8, 4) is 0 Å². The monoisotopic (exact) mass is 256 g/mol. The average Bonchev–Trinajstić information content (AvgIpc) is 2.34. The summed E-state index contributed by atoms with van der Waals surface area (Å²) in [6.45, 7) is 2.71. The zero-order valence-electron chi connectivity index (χ0n) is 9.82. The van der Waals surface area contributed by atoms with Gasteiger partial charge in [-0.25, -0.2) is 0 Å². The molecule has 0 aliphatic heterocycles. The molecule has 0 aromatic carbocycles. The highest BCUT2D eigenvalue weighted by Crippen LogP contribution is 2.13. The number of rotatable bonds is 6. The number of hydrogen-bond acceptors (Lipinski definition) is 3. The summed E-state index contributed by atoms with van der Waals surface area (Å²) in [7, 11) is 0. The number of hydrogen-bond donors (Lipinski definition) is 2. The second-order valence-electron chi connectivity index (χ2n) is 3.85. The van der Waals surface area contributed by atoms with Crippen molar-refractivity contribution in [2.45, 2.75) is 19.8 Å². The van der Waals surface area contributed by atoms with Crippen molar-refractivity contribution in [1.82, 2.24) is 10.3 Å². The van der Waals surface area contributed by atoms with Gasteiger partial charge in [-0.2, -0.15) is 0 Å². The molecule has 1 unspecified atom stereocenters. The molecule has 4 nitrogen and oxygen atoms in total. The molecule has 1 heterocycles. The Morgan fingerprint density at radius 1 is 1.65 bits per heavy atom. The van der Waals surface area contributed by atoms with Gasteiger partial charge in [-0.1, -0.05) is 24.9 Å². The molecule has 0 bridgehead atoms. The van der Waals surface area contributed by atoms with Crippen LogP contribution >= 0.6 is 11.6 Å². The molecule has 1 aromatic rings. The van der Waals surface area contributed by atoms with Crippen LogP contribution in [0.1, 0.15) is 30.1 Å². The van der Waals surface area contributed by atoms with Gasteiger partial charge in [-0.15, -0.1) is 0 Å². The Hall–Kier alpha value is -1.13. The van der Waals surface area contributed by atoms with E-state index in [0.29, 0.717) is 29.5 Å². The SMILES string of the molecule is CCC(CCO)CNC(=O)c1cnccc1Cl. The highest BCUT2D eigenvalue weighted by atomic mass is 35.5. The van der Waals surface area contributed by atoms with Gasteiger partial charge in [0.1, 0.15) is 0 Å². The summed E-state index contributed by atoms with van der Waals surface area (Å²) >= 11 is 5.89. The van der Waals surface area contributed by atoms with Crippen LogP contribution in [0.15, 0.2) is 18.5 Å². The fourth-order valence-corrected chi connectivity index (χ4v) is 1.70. The van der Waals surface area contributed by atoms with Gasteiger partial charge in [0, 0.05) is 25.5 Å². The van der Waals surface area contributed by atoms with Gasteiger partial charge in [-0.3, -0.25) is 9.78 Å². The zero-order chi connectivity index (χ0) is 12.7. The van der Waals surface area contributed by atoms with Crippen molar-refractivity contribution in [3.63, 3.8) is 0 Å². The van der Waals surface area contributed by atoms with Crippen LogP contribution in [0.4, 0.5) is 0 Å². The van der Waals surface area contributed by atoms with Crippen molar-refractivity contribution in [2.75, 3.05) is 13.2 Å². The van der Waals surface area contributed by atoms with E-state index in [1.807, 2.05) is 6.92 Å². The van der Waals surface area contributed by atoms with E-state index >= 15 is 0 Å². The lowest BCUT2D eigenvalue weighted by Crippen LogP contribution is -2.29. The molecule has 94 valence electrons. The highest BCUT2D eigenvalue weighted by Gasteiger charge is 2.12. The maximum Gasteiger partial charge on any atom is 0.254 e. The van der Waals surface area contributed by atoms with Crippen LogP contribution in [-0.2, 0) is 0 Å². The van der Waals surface area contributed by atoms with E-state index in [0.717, 1.165) is 6.42 Å². The minimum Gasteiger partial charge on any atom is -0.396 e. The summed E-state index contributed by atoms with van der Waals surface area (Å²) in [6.07, 6.45) is 4.60. The quantitative estimate of drug-likeness (QED) is 0.817. The molecule has 0 aliphatic carbocycles. The van der Waals surface area contributed by atoms with Gasteiger partial charge in [-0.05, 0) is 18.4 Å². The van der Waals surface area contributed by atoms with Gasteiger partial charge in [0.25, 0.3) is 5.91 Å². The Morgan fingerprint density at radius 2 is 2.41 bits per heavy atom. The number of aliphatic hydroxyl groups excluding tert-OH is 1. The number of nitrogens with one attached hydrogen (secondary N) is 1. The van der Waals surface area contributed by atoms with E-state index in [4.69, 9.17) is 16.7 Å². The molecule has 1 rings (SSSR count). The Morgan fingerprint density at radius 3 is 3.00 bits per heavy atom. The van der Waals surface area contributed by atoms with Gasteiger partial charge >= 0.3 is 0 Å². The molecule has 0 saturated carbocycles. The standard InChI is InChI=1S/C12H17ClN2O2/c1-2-9(4-6-16)7-15-12(17)10-8-14-5-3-11(10)13/h3,5,8-9,16H,2,4,6-7H2,1H3,(H,15,17). The number of amides is 1. The summed E-state index contributed by atoms with van der Waals surface area (Å²) < 4.78 is 0. The normalized spacial score (nSPS) is 12.2. The van der Waals surface area contributed by atoms with E-state index in [2.05, 4.69) is 10.3 Å². The minimum absolute atomic E-state index is 0.141. The van der Waals surface area contributed by atoms with Crippen LogP contribution in [0.3, 0.4) is 0 Å². The predicted molar refractivity (Wildman–Crippen MR) is 67.1 cm³/mol. The molecular formula is C12H17ClN2O2. The second-order valence-corrected chi connectivity index (χ2v) is 4.26. The molecule has 2 N–H and O–H groups in total. The smallest absolute Gasteiger partial charge is 0.254 e. The lowest BCUT2D eigenvalue weighted by atomic mass is 10.0. The first-order chi connectivity index (χ1) is 8.19. The molecule has 0 fully saturated rings. The number of halogens is 1. The molecule has 0 aliphatic rings. The Balaban J connectivity index is 2.52. The maximum atomic E-state index is 11.8. The number of carbonyl (C=O) groups excluding carboxylic acids is 1. The van der Waals surface area contributed by atoms with Crippen molar-refractivity contribution >= 4 is 17.5 Å². The summed E-state index contributed by atoms with van der Waals surface area (Å²) in [4.78, 5) is 15.7. The zero-order valence-corrected chi connectivity index (χ0v) is 10.6. The van der Waals surface area contributed by atoms with Gasteiger partial charge in [0.15, 0.2) is 0 Å². The first kappa shape index (κ1) is 13.9. The minimum atomic E-state index is -0.223. The van der Waals surface area contributed by atoms with E-state index in [1.165, 1.54) is 6.20 Å². The van der Waals surface area contributed by atoms with E-state index in [1.54, 1.807) is 12.3 Å². The molecule has 0 saturated heterocycles. The third-order valence-corrected chi connectivity index (χ3v) is 3.01. The summed E-state index contributed by atoms with van der Waals surface area (Å²) in [5.74, 6) is 0.0684. The lowest BCUT2D eigenvalue weighted by molar-refractivity contribution is 0.0943. The van der Waals surface area contributed by atoms with E-state index < -0.39 is 0 Å². The fraction of sp³-hybridized carbons (Fsp3) is 0.500. The first-order valence-electron chi connectivity index (χ1n) is 5.67. The number of aliphatic hydroxyl groups is 1. The molecule has 0 spiro atoms. The van der Waals surface area contributed by atoms with Crippen LogP contribution in [0.2, 0.25) is 5.02 Å². The third kappa shape index (κ3) is 4.32. The Kier molecular flexibility index (Phi) is 5.94. The van der Waals surface area contributed by atoms with Crippen LogP contribution < -0.4 is 5.32 Å². The van der Waals surface area contributed by atoms with Crippen molar-refractivity contribution in [1.29, 1.82) is 0 Å². The van der Waals surface area contributed by atoms with E-state index in [9.17, 15) is 4.79 Å². The third-order valence-electron chi connectivity index (χ3n) is 2.68. The summed E-state index contributed by atoms with van der Waals surface area (Å²) in [5.41, 5.74) is 0.382. The average molecular weight is 257 g/mol. The molecular weight excluding hydrogens is 240 g/mol. The largest absolute Gasteiger partial charge is 0.396 e. The topological polar surface area (TPSA) is 62.2 Å².